The molecule has 0 spiro atoms. The van der Waals surface area contributed by atoms with Crippen molar-refractivity contribution in [3.05, 3.63) is 0 Å². The van der Waals surface area contributed by atoms with Crippen molar-refractivity contribution in [2.45, 2.75) is 50.9 Å². The molecule has 126 valence electrons. The number of aliphatic carboxylic acids is 1. The van der Waals surface area contributed by atoms with E-state index in [9.17, 15) is 9.59 Å². The van der Waals surface area contributed by atoms with Gasteiger partial charge in [-0.05, 0) is 26.2 Å². The summed E-state index contributed by atoms with van der Waals surface area (Å²) >= 11 is 0. The minimum Gasteiger partial charge on any atom is -0.481 e. The van der Waals surface area contributed by atoms with Gasteiger partial charge in [-0.1, -0.05) is 0 Å². The van der Waals surface area contributed by atoms with Gasteiger partial charge in [0.25, 0.3) is 5.91 Å². The highest BCUT2D eigenvalue weighted by Gasteiger charge is 2.29. The monoisotopic (exact) mass is 315 g/mol. The topological polar surface area (TPSA) is 85.3 Å². The quantitative estimate of drug-likeness (QED) is 0.775. The van der Waals surface area contributed by atoms with Gasteiger partial charge in [-0.15, -0.1) is 0 Å². The van der Waals surface area contributed by atoms with Crippen LogP contribution in [-0.2, 0) is 23.8 Å². The number of carboxylic acids is 1. The Hall–Kier alpha value is -1.18. The second kappa shape index (κ2) is 8.45. The lowest BCUT2D eigenvalue weighted by molar-refractivity contribution is -0.156. The lowest BCUT2D eigenvalue weighted by atomic mass is 10.1. The molecule has 7 heteroatoms. The number of ether oxygens (including phenoxy) is 3. The fourth-order valence-corrected chi connectivity index (χ4v) is 2.76. The first-order chi connectivity index (χ1) is 10.6. The predicted octanol–water partition coefficient (Wildman–Crippen LogP) is 0.663. The van der Waals surface area contributed by atoms with Crippen LogP contribution in [-0.4, -0.2) is 73.1 Å². The molecule has 0 unspecified atom stereocenters. The van der Waals surface area contributed by atoms with E-state index in [1.807, 2.05) is 0 Å². The van der Waals surface area contributed by atoms with Gasteiger partial charge in [0.15, 0.2) is 0 Å². The Morgan fingerprint density at radius 3 is 2.73 bits per heavy atom. The van der Waals surface area contributed by atoms with Crippen LogP contribution >= 0.6 is 0 Å². The number of carbonyl (C=O) groups is 2. The number of hydrogen-bond acceptors (Lipinski definition) is 5. The summed E-state index contributed by atoms with van der Waals surface area (Å²) in [5.74, 6) is -1.03. The highest BCUT2D eigenvalue weighted by molar-refractivity contribution is 5.80. The number of amides is 1. The highest BCUT2D eigenvalue weighted by Crippen LogP contribution is 2.15. The van der Waals surface area contributed by atoms with Crippen LogP contribution in [0.4, 0.5) is 0 Å². The first kappa shape index (κ1) is 17.2. The zero-order valence-electron chi connectivity index (χ0n) is 13.0. The standard InChI is InChI=1S/C15H25NO6/c1-11(22-10-12-4-2-3-6-20-12)15(19)16-5-7-21-13(9-16)8-14(17)18/h11-13H,2-10H2,1H3,(H,17,18)/t11-,12+,13+/m0/s1. The predicted molar refractivity (Wildman–Crippen MR) is 77.6 cm³/mol. The largest absolute Gasteiger partial charge is 0.481 e. The third-order valence-corrected chi connectivity index (χ3v) is 4.01. The summed E-state index contributed by atoms with van der Waals surface area (Å²) in [5.41, 5.74) is 0. The minimum atomic E-state index is -0.918. The average molecular weight is 315 g/mol. The Morgan fingerprint density at radius 2 is 2.05 bits per heavy atom. The third kappa shape index (κ3) is 5.23. The van der Waals surface area contributed by atoms with Gasteiger partial charge in [0, 0.05) is 19.7 Å². The molecule has 2 rings (SSSR count). The molecule has 0 radical (unpaired) electrons. The first-order valence-corrected chi connectivity index (χ1v) is 7.91. The van der Waals surface area contributed by atoms with Gasteiger partial charge in [-0.3, -0.25) is 9.59 Å². The molecule has 2 saturated heterocycles. The third-order valence-electron chi connectivity index (χ3n) is 4.01. The summed E-state index contributed by atoms with van der Waals surface area (Å²) < 4.78 is 16.6. The summed E-state index contributed by atoms with van der Waals surface area (Å²) in [6.45, 7) is 4.06. The molecular formula is C15H25NO6. The van der Waals surface area contributed by atoms with Gasteiger partial charge in [0.2, 0.25) is 0 Å². The maximum Gasteiger partial charge on any atom is 0.306 e. The zero-order chi connectivity index (χ0) is 15.9. The molecular weight excluding hydrogens is 290 g/mol. The van der Waals surface area contributed by atoms with Crippen LogP contribution in [0.3, 0.4) is 0 Å². The van der Waals surface area contributed by atoms with Crippen LogP contribution in [0.2, 0.25) is 0 Å². The van der Waals surface area contributed by atoms with E-state index in [4.69, 9.17) is 19.3 Å². The molecule has 2 aliphatic rings. The highest BCUT2D eigenvalue weighted by atomic mass is 16.5. The second-order valence-corrected chi connectivity index (χ2v) is 5.84. The van der Waals surface area contributed by atoms with E-state index in [2.05, 4.69) is 0 Å². The number of hydrogen-bond donors (Lipinski definition) is 1. The molecule has 0 aromatic carbocycles. The first-order valence-electron chi connectivity index (χ1n) is 7.91. The van der Waals surface area contributed by atoms with E-state index in [1.54, 1.807) is 11.8 Å². The summed E-state index contributed by atoms with van der Waals surface area (Å²) in [6.07, 6.45) is 2.20. The smallest absolute Gasteiger partial charge is 0.306 e. The van der Waals surface area contributed by atoms with Crippen LogP contribution in [0.5, 0.6) is 0 Å². The molecule has 3 atom stereocenters. The molecule has 2 fully saturated rings. The SMILES string of the molecule is C[C@H](OC[C@H]1CCCCO1)C(=O)N1CCO[C@H](CC(=O)O)C1. The van der Waals surface area contributed by atoms with Crippen molar-refractivity contribution >= 4 is 11.9 Å². The number of carboxylic acid groups (broad SMARTS) is 1. The molecule has 0 saturated carbocycles. The van der Waals surface area contributed by atoms with Crippen molar-refractivity contribution in [3.8, 4) is 0 Å². The summed E-state index contributed by atoms with van der Waals surface area (Å²) in [5, 5.41) is 8.81. The van der Waals surface area contributed by atoms with Gasteiger partial charge in [-0.25, -0.2) is 0 Å². The van der Waals surface area contributed by atoms with E-state index < -0.39 is 18.2 Å². The molecule has 0 aromatic heterocycles. The molecule has 1 N–H and O–H groups in total. The van der Waals surface area contributed by atoms with E-state index in [1.165, 1.54) is 0 Å². The molecule has 0 aliphatic carbocycles. The Morgan fingerprint density at radius 1 is 1.27 bits per heavy atom. The molecule has 2 aliphatic heterocycles. The average Bonchev–Trinajstić information content (AvgIpc) is 2.52. The van der Waals surface area contributed by atoms with Crippen molar-refractivity contribution in [2.24, 2.45) is 0 Å². The van der Waals surface area contributed by atoms with Gasteiger partial charge in [0.1, 0.15) is 6.10 Å². The summed E-state index contributed by atoms with van der Waals surface area (Å²) in [7, 11) is 0. The molecule has 7 nitrogen and oxygen atoms in total. The molecule has 2 heterocycles. The minimum absolute atomic E-state index is 0.0773. The van der Waals surface area contributed by atoms with Crippen LogP contribution in [0.25, 0.3) is 0 Å². The summed E-state index contributed by atoms with van der Waals surface area (Å²) in [4.78, 5) is 24.7. The van der Waals surface area contributed by atoms with Gasteiger partial charge < -0.3 is 24.2 Å². The van der Waals surface area contributed by atoms with Crippen molar-refractivity contribution in [2.75, 3.05) is 32.9 Å². The maximum atomic E-state index is 12.4. The van der Waals surface area contributed by atoms with Crippen molar-refractivity contribution < 1.29 is 28.9 Å². The van der Waals surface area contributed by atoms with Crippen molar-refractivity contribution in [1.29, 1.82) is 0 Å². The van der Waals surface area contributed by atoms with Crippen LogP contribution in [0.1, 0.15) is 32.6 Å². The van der Waals surface area contributed by atoms with Crippen LogP contribution < -0.4 is 0 Å². The number of morpholine rings is 1. The summed E-state index contributed by atoms with van der Waals surface area (Å²) in [6, 6.07) is 0. The lowest BCUT2D eigenvalue weighted by Crippen LogP contribution is -2.50. The van der Waals surface area contributed by atoms with E-state index in [0.717, 1.165) is 25.9 Å². The molecule has 0 bridgehead atoms. The Kier molecular flexibility index (Phi) is 6.60. The van der Waals surface area contributed by atoms with Crippen molar-refractivity contribution in [1.82, 2.24) is 4.90 Å². The van der Waals surface area contributed by atoms with Crippen LogP contribution in [0.15, 0.2) is 0 Å². The maximum absolute atomic E-state index is 12.4. The Bertz CT molecular complexity index is 382. The normalized spacial score (nSPS) is 27.4. The number of carbonyl (C=O) groups excluding carboxylic acids is 1. The number of nitrogens with zero attached hydrogens (tertiary/aromatic N) is 1. The fourth-order valence-electron chi connectivity index (χ4n) is 2.76. The van der Waals surface area contributed by atoms with Crippen molar-refractivity contribution in [3.63, 3.8) is 0 Å². The Labute approximate surface area is 130 Å². The zero-order valence-corrected chi connectivity index (χ0v) is 13.0. The fraction of sp³-hybridized carbons (Fsp3) is 0.867. The van der Waals surface area contributed by atoms with E-state index in [-0.39, 0.29) is 18.4 Å². The Balaban J connectivity index is 1.75. The van der Waals surface area contributed by atoms with Crippen LogP contribution in [0, 0.1) is 0 Å². The molecule has 1 amide bonds. The van der Waals surface area contributed by atoms with E-state index >= 15 is 0 Å². The molecule has 0 aromatic rings. The molecule has 22 heavy (non-hydrogen) atoms. The van der Waals surface area contributed by atoms with Gasteiger partial charge in [0.05, 0.1) is 31.8 Å². The van der Waals surface area contributed by atoms with Gasteiger partial charge in [-0.2, -0.15) is 0 Å². The second-order valence-electron chi connectivity index (χ2n) is 5.84. The van der Waals surface area contributed by atoms with Gasteiger partial charge >= 0.3 is 5.97 Å². The lowest BCUT2D eigenvalue weighted by Gasteiger charge is -2.34. The van der Waals surface area contributed by atoms with E-state index in [0.29, 0.717) is 26.3 Å². The number of rotatable bonds is 6.